The van der Waals surface area contributed by atoms with Crippen LogP contribution in [-0.4, -0.2) is 14.2 Å². The molecule has 1 saturated carbocycles. The molecule has 0 aliphatic heterocycles. The molecule has 0 heterocycles. The first kappa shape index (κ1) is 12.2. The quantitative estimate of drug-likeness (QED) is 0.853. The first-order valence-electron chi connectivity index (χ1n) is 6.22. The second-order valence-corrected chi connectivity index (χ2v) is 4.75. The van der Waals surface area contributed by atoms with Gasteiger partial charge in [-0.3, -0.25) is 0 Å². The van der Waals surface area contributed by atoms with Gasteiger partial charge in [-0.25, -0.2) is 0 Å². The predicted molar refractivity (Wildman–Crippen MR) is 68.4 cm³/mol. The van der Waals surface area contributed by atoms with Crippen LogP contribution in [0.4, 0.5) is 0 Å². The SMILES string of the molecule is COc1ccc(C(N)CC2CCC2)c(OC)c1. The lowest BCUT2D eigenvalue weighted by atomic mass is 9.80. The van der Waals surface area contributed by atoms with E-state index in [4.69, 9.17) is 15.2 Å². The Balaban J connectivity index is 2.12. The molecule has 1 aliphatic carbocycles. The summed E-state index contributed by atoms with van der Waals surface area (Å²) in [6, 6.07) is 5.93. The topological polar surface area (TPSA) is 44.5 Å². The number of methoxy groups -OCH3 is 2. The average molecular weight is 235 g/mol. The highest BCUT2D eigenvalue weighted by Gasteiger charge is 2.22. The van der Waals surface area contributed by atoms with Crippen LogP contribution in [0, 0.1) is 5.92 Å². The van der Waals surface area contributed by atoms with E-state index in [9.17, 15) is 0 Å². The molecule has 0 amide bonds. The Labute approximate surface area is 103 Å². The van der Waals surface area contributed by atoms with Crippen LogP contribution in [0.2, 0.25) is 0 Å². The minimum Gasteiger partial charge on any atom is -0.497 e. The van der Waals surface area contributed by atoms with Crippen molar-refractivity contribution >= 4 is 0 Å². The van der Waals surface area contributed by atoms with Gasteiger partial charge in [0.1, 0.15) is 11.5 Å². The van der Waals surface area contributed by atoms with Gasteiger partial charge >= 0.3 is 0 Å². The van der Waals surface area contributed by atoms with Crippen molar-refractivity contribution in [2.45, 2.75) is 31.7 Å². The van der Waals surface area contributed by atoms with Crippen molar-refractivity contribution in [1.82, 2.24) is 0 Å². The van der Waals surface area contributed by atoms with E-state index in [1.807, 2.05) is 18.2 Å². The van der Waals surface area contributed by atoms with Crippen molar-refractivity contribution in [3.05, 3.63) is 23.8 Å². The molecule has 3 nitrogen and oxygen atoms in total. The van der Waals surface area contributed by atoms with Crippen molar-refractivity contribution in [1.29, 1.82) is 0 Å². The van der Waals surface area contributed by atoms with E-state index in [1.165, 1.54) is 19.3 Å². The molecule has 2 N–H and O–H groups in total. The molecule has 0 saturated heterocycles. The molecule has 0 aromatic heterocycles. The molecule has 0 radical (unpaired) electrons. The van der Waals surface area contributed by atoms with Crippen LogP contribution in [0.1, 0.15) is 37.3 Å². The molecule has 1 aromatic rings. The first-order chi connectivity index (χ1) is 8.24. The van der Waals surface area contributed by atoms with Crippen molar-refractivity contribution in [2.75, 3.05) is 14.2 Å². The van der Waals surface area contributed by atoms with Gasteiger partial charge in [0.2, 0.25) is 0 Å². The normalized spacial score (nSPS) is 17.4. The fourth-order valence-corrected chi connectivity index (χ4v) is 2.34. The molecule has 0 spiro atoms. The Bertz CT molecular complexity index is 374. The maximum Gasteiger partial charge on any atom is 0.127 e. The van der Waals surface area contributed by atoms with Crippen LogP contribution in [-0.2, 0) is 0 Å². The van der Waals surface area contributed by atoms with E-state index in [2.05, 4.69) is 0 Å². The monoisotopic (exact) mass is 235 g/mol. The number of hydrogen-bond acceptors (Lipinski definition) is 3. The zero-order valence-electron chi connectivity index (χ0n) is 10.6. The highest BCUT2D eigenvalue weighted by Crippen LogP contribution is 2.37. The fourth-order valence-electron chi connectivity index (χ4n) is 2.34. The summed E-state index contributed by atoms with van der Waals surface area (Å²) in [5.74, 6) is 2.44. The van der Waals surface area contributed by atoms with Gasteiger partial charge in [0.15, 0.2) is 0 Å². The molecule has 1 fully saturated rings. The van der Waals surface area contributed by atoms with E-state index in [1.54, 1.807) is 14.2 Å². The summed E-state index contributed by atoms with van der Waals surface area (Å²) in [5, 5.41) is 0. The summed E-state index contributed by atoms with van der Waals surface area (Å²) in [7, 11) is 3.33. The van der Waals surface area contributed by atoms with E-state index in [0.717, 1.165) is 29.4 Å². The third-order valence-corrected chi connectivity index (χ3v) is 3.65. The minimum atomic E-state index is 0.0705. The van der Waals surface area contributed by atoms with Gasteiger partial charge in [0.25, 0.3) is 0 Å². The zero-order valence-corrected chi connectivity index (χ0v) is 10.6. The highest BCUT2D eigenvalue weighted by atomic mass is 16.5. The Kier molecular flexibility index (Phi) is 3.89. The summed E-state index contributed by atoms with van der Waals surface area (Å²) in [4.78, 5) is 0. The minimum absolute atomic E-state index is 0.0705. The van der Waals surface area contributed by atoms with E-state index >= 15 is 0 Å². The lowest BCUT2D eigenvalue weighted by Gasteiger charge is -2.28. The molecule has 1 aromatic carbocycles. The number of rotatable bonds is 5. The number of ether oxygens (including phenoxy) is 2. The average Bonchev–Trinajstić information content (AvgIpc) is 2.32. The lowest BCUT2D eigenvalue weighted by molar-refractivity contribution is 0.275. The molecule has 3 heteroatoms. The Morgan fingerprint density at radius 3 is 2.59 bits per heavy atom. The van der Waals surface area contributed by atoms with E-state index in [-0.39, 0.29) is 6.04 Å². The van der Waals surface area contributed by atoms with Crippen LogP contribution in [0.15, 0.2) is 18.2 Å². The zero-order chi connectivity index (χ0) is 12.3. The van der Waals surface area contributed by atoms with E-state index < -0.39 is 0 Å². The van der Waals surface area contributed by atoms with Crippen molar-refractivity contribution < 1.29 is 9.47 Å². The molecule has 94 valence electrons. The standard InChI is InChI=1S/C14H21NO2/c1-16-11-6-7-12(14(9-11)17-2)13(15)8-10-4-3-5-10/h6-7,9-10,13H,3-5,8,15H2,1-2H3. The van der Waals surface area contributed by atoms with Crippen LogP contribution in [0.5, 0.6) is 11.5 Å². The summed E-state index contributed by atoms with van der Waals surface area (Å²) in [6.45, 7) is 0. The van der Waals surface area contributed by atoms with Crippen LogP contribution in [0.25, 0.3) is 0 Å². The number of nitrogens with two attached hydrogens (primary N) is 1. The lowest BCUT2D eigenvalue weighted by Crippen LogP contribution is -2.20. The summed E-state index contributed by atoms with van der Waals surface area (Å²) < 4.78 is 10.6. The van der Waals surface area contributed by atoms with Crippen LogP contribution >= 0.6 is 0 Å². The number of hydrogen-bond donors (Lipinski definition) is 1. The van der Waals surface area contributed by atoms with Gasteiger partial charge < -0.3 is 15.2 Å². The van der Waals surface area contributed by atoms with Crippen molar-refractivity contribution in [3.8, 4) is 11.5 Å². The Morgan fingerprint density at radius 2 is 2.06 bits per heavy atom. The molecular formula is C14H21NO2. The molecule has 1 aliphatic rings. The Morgan fingerprint density at radius 1 is 1.29 bits per heavy atom. The molecule has 1 atom stereocenters. The maximum absolute atomic E-state index is 6.25. The van der Waals surface area contributed by atoms with Gasteiger partial charge in [0, 0.05) is 17.7 Å². The summed E-state index contributed by atoms with van der Waals surface area (Å²) >= 11 is 0. The largest absolute Gasteiger partial charge is 0.497 e. The maximum atomic E-state index is 6.25. The van der Waals surface area contributed by atoms with Gasteiger partial charge in [0.05, 0.1) is 14.2 Å². The van der Waals surface area contributed by atoms with Gasteiger partial charge in [-0.1, -0.05) is 25.3 Å². The third-order valence-electron chi connectivity index (χ3n) is 3.65. The first-order valence-corrected chi connectivity index (χ1v) is 6.22. The molecule has 1 unspecified atom stereocenters. The second-order valence-electron chi connectivity index (χ2n) is 4.75. The van der Waals surface area contributed by atoms with Crippen molar-refractivity contribution in [3.63, 3.8) is 0 Å². The molecule has 2 rings (SSSR count). The summed E-state index contributed by atoms with van der Waals surface area (Å²) in [6.07, 6.45) is 5.07. The third kappa shape index (κ3) is 2.72. The smallest absolute Gasteiger partial charge is 0.127 e. The molecule has 17 heavy (non-hydrogen) atoms. The predicted octanol–water partition coefficient (Wildman–Crippen LogP) is 2.89. The highest BCUT2D eigenvalue weighted by molar-refractivity contribution is 5.42. The van der Waals surface area contributed by atoms with Gasteiger partial charge in [-0.05, 0) is 18.4 Å². The fraction of sp³-hybridized carbons (Fsp3) is 0.571. The Hall–Kier alpha value is -1.22. The van der Waals surface area contributed by atoms with Crippen LogP contribution < -0.4 is 15.2 Å². The molecular weight excluding hydrogens is 214 g/mol. The van der Waals surface area contributed by atoms with Gasteiger partial charge in [-0.2, -0.15) is 0 Å². The van der Waals surface area contributed by atoms with E-state index in [0.29, 0.717) is 0 Å². The number of benzene rings is 1. The summed E-state index contributed by atoms with van der Waals surface area (Å²) in [5.41, 5.74) is 7.34. The second kappa shape index (κ2) is 5.41. The van der Waals surface area contributed by atoms with Gasteiger partial charge in [-0.15, -0.1) is 0 Å². The van der Waals surface area contributed by atoms with Crippen molar-refractivity contribution in [2.24, 2.45) is 11.7 Å². The van der Waals surface area contributed by atoms with Crippen LogP contribution in [0.3, 0.4) is 0 Å². The molecule has 0 bridgehead atoms.